The summed E-state index contributed by atoms with van der Waals surface area (Å²) in [4.78, 5) is 11.1. The summed E-state index contributed by atoms with van der Waals surface area (Å²) >= 11 is 0. The van der Waals surface area contributed by atoms with E-state index in [0.717, 1.165) is 38.5 Å². The molecule has 0 aromatic heterocycles. The van der Waals surface area contributed by atoms with Crippen LogP contribution in [0.25, 0.3) is 0 Å². The van der Waals surface area contributed by atoms with Crippen LogP contribution in [0.5, 0.6) is 0 Å². The predicted molar refractivity (Wildman–Crippen MR) is 94.4 cm³/mol. The third-order valence-corrected chi connectivity index (χ3v) is 7.50. The van der Waals surface area contributed by atoms with Crippen molar-refractivity contribution >= 4 is 8.17 Å². The first-order valence-electron chi connectivity index (χ1n) is 9.99. The van der Waals surface area contributed by atoms with Gasteiger partial charge in [0.2, 0.25) is 0 Å². The van der Waals surface area contributed by atoms with Crippen LogP contribution >= 0.6 is 8.17 Å². The fraction of sp³-hybridized carbons (Fsp3) is 1.00. The van der Waals surface area contributed by atoms with Gasteiger partial charge in [0.05, 0.1) is 0 Å². The summed E-state index contributed by atoms with van der Waals surface area (Å²) < 4.78 is 18.4. The van der Waals surface area contributed by atoms with E-state index in [1.165, 1.54) is 57.8 Å². The third-order valence-electron chi connectivity index (χ3n) is 5.60. The molecular formula is C18H35O4P. The van der Waals surface area contributed by atoms with Crippen LogP contribution < -0.4 is 0 Å². The van der Waals surface area contributed by atoms with Gasteiger partial charge in [0.1, 0.15) is 0 Å². The molecule has 5 heteroatoms. The molecule has 23 heavy (non-hydrogen) atoms. The molecule has 0 heterocycles. The molecule has 0 aliphatic heterocycles. The Morgan fingerprint density at radius 1 is 0.478 bits per heavy atom. The maximum absolute atomic E-state index is 11.1. The molecule has 136 valence electrons. The van der Waals surface area contributed by atoms with Gasteiger partial charge < -0.3 is 0 Å². The van der Waals surface area contributed by atoms with Crippen LogP contribution in [-0.4, -0.2) is 23.2 Å². The molecule has 0 spiro atoms. The van der Waals surface area contributed by atoms with Gasteiger partial charge in [-0.15, -0.1) is 0 Å². The monoisotopic (exact) mass is 346 g/mol. The van der Waals surface area contributed by atoms with Crippen molar-refractivity contribution in [3.05, 3.63) is 0 Å². The molecule has 1 N–H and O–H groups in total. The van der Waals surface area contributed by atoms with Crippen molar-refractivity contribution in [2.75, 3.05) is 0 Å². The van der Waals surface area contributed by atoms with E-state index in [1.54, 1.807) is 0 Å². The van der Waals surface area contributed by atoms with Gasteiger partial charge in [-0.25, -0.2) is 0 Å². The SMILES string of the molecule is O[PH](OC1CCCCC1)(OC1CCCCC1)OC1CCCCC1. The van der Waals surface area contributed by atoms with E-state index in [2.05, 4.69) is 0 Å². The van der Waals surface area contributed by atoms with E-state index in [0.29, 0.717) is 0 Å². The van der Waals surface area contributed by atoms with Crippen molar-refractivity contribution in [2.45, 2.75) is 115 Å². The standard InChI is InChI=1S/C18H35O4P/c19-23(20-16-10-4-1-5-11-16,21-17-12-6-2-7-13-17)22-18-14-8-3-9-15-18/h16-19,23H,1-15H2. The van der Waals surface area contributed by atoms with Gasteiger partial charge in [0.25, 0.3) is 0 Å². The second-order valence-corrected chi connectivity index (χ2v) is 9.41. The Balaban J connectivity index is 1.59. The minimum absolute atomic E-state index is 0.132. The zero-order chi connectivity index (χ0) is 16.0. The van der Waals surface area contributed by atoms with Gasteiger partial charge in [-0.1, -0.05) is 0 Å². The zero-order valence-corrected chi connectivity index (χ0v) is 15.5. The topological polar surface area (TPSA) is 47.9 Å². The molecule has 3 rings (SSSR count). The second-order valence-electron chi connectivity index (χ2n) is 7.66. The number of hydrogen-bond acceptors (Lipinski definition) is 4. The van der Waals surface area contributed by atoms with Crippen LogP contribution in [-0.2, 0) is 13.6 Å². The Labute approximate surface area is 141 Å². The van der Waals surface area contributed by atoms with Crippen LogP contribution in [0.15, 0.2) is 0 Å². The third kappa shape index (κ3) is 5.93. The summed E-state index contributed by atoms with van der Waals surface area (Å²) in [7, 11) is -3.51. The van der Waals surface area contributed by atoms with Crippen molar-refractivity contribution in [1.82, 2.24) is 0 Å². The molecule has 0 unspecified atom stereocenters. The van der Waals surface area contributed by atoms with Gasteiger partial charge in [0.15, 0.2) is 0 Å². The Morgan fingerprint density at radius 2 is 0.739 bits per heavy atom. The van der Waals surface area contributed by atoms with Gasteiger partial charge in [-0.3, -0.25) is 0 Å². The van der Waals surface area contributed by atoms with Crippen molar-refractivity contribution in [3.8, 4) is 0 Å². The second kappa shape index (κ2) is 9.10. The summed E-state index contributed by atoms with van der Waals surface area (Å²) in [6.45, 7) is 0. The van der Waals surface area contributed by atoms with Crippen LogP contribution in [0.2, 0.25) is 0 Å². The van der Waals surface area contributed by atoms with Gasteiger partial charge in [-0.05, 0) is 0 Å². The van der Waals surface area contributed by atoms with Gasteiger partial charge in [0, 0.05) is 0 Å². The molecule has 0 radical (unpaired) electrons. The predicted octanol–water partition coefficient (Wildman–Crippen LogP) is 5.44. The summed E-state index contributed by atoms with van der Waals surface area (Å²) in [6.07, 6.45) is 17.7. The summed E-state index contributed by atoms with van der Waals surface area (Å²) in [5.74, 6) is 0. The van der Waals surface area contributed by atoms with E-state index in [4.69, 9.17) is 13.6 Å². The van der Waals surface area contributed by atoms with Crippen LogP contribution in [0.1, 0.15) is 96.3 Å². The fourth-order valence-corrected chi connectivity index (χ4v) is 6.40. The Kier molecular flexibility index (Phi) is 7.15. The van der Waals surface area contributed by atoms with E-state index in [9.17, 15) is 4.89 Å². The van der Waals surface area contributed by atoms with Crippen molar-refractivity contribution in [3.63, 3.8) is 0 Å². The van der Waals surface area contributed by atoms with E-state index < -0.39 is 8.17 Å². The van der Waals surface area contributed by atoms with Gasteiger partial charge in [-0.2, -0.15) is 0 Å². The average Bonchev–Trinajstić information content (AvgIpc) is 2.57. The molecule has 0 saturated heterocycles. The van der Waals surface area contributed by atoms with Crippen LogP contribution in [0.3, 0.4) is 0 Å². The minimum atomic E-state index is -3.51. The quantitative estimate of drug-likeness (QED) is 0.651. The molecular weight excluding hydrogens is 311 g/mol. The van der Waals surface area contributed by atoms with E-state index >= 15 is 0 Å². The Bertz CT molecular complexity index is 284. The molecule has 0 atom stereocenters. The first-order chi connectivity index (χ1) is 11.2. The van der Waals surface area contributed by atoms with Crippen molar-refractivity contribution in [2.24, 2.45) is 0 Å². The summed E-state index contributed by atoms with van der Waals surface area (Å²) in [5, 5.41) is 0. The molecule has 3 saturated carbocycles. The maximum atomic E-state index is 11.1. The molecule has 0 aromatic rings. The summed E-state index contributed by atoms with van der Waals surface area (Å²) in [5.41, 5.74) is 0. The molecule has 0 amide bonds. The first-order valence-corrected chi connectivity index (χ1v) is 11.7. The fourth-order valence-electron chi connectivity index (χ4n) is 4.26. The number of hydrogen-bond donors (Lipinski definition) is 1. The summed E-state index contributed by atoms with van der Waals surface area (Å²) in [6, 6.07) is 0. The normalized spacial score (nSPS) is 27.2. The molecule has 3 aliphatic rings. The molecule has 3 aliphatic carbocycles. The molecule has 3 fully saturated rings. The molecule has 0 bridgehead atoms. The Hall–Kier alpha value is 0.270. The van der Waals surface area contributed by atoms with E-state index in [-0.39, 0.29) is 18.3 Å². The molecule has 0 aromatic carbocycles. The van der Waals surface area contributed by atoms with Crippen LogP contribution in [0, 0.1) is 0 Å². The zero-order valence-electron chi connectivity index (χ0n) is 14.5. The van der Waals surface area contributed by atoms with Gasteiger partial charge >= 0.3 is 141 Å². The Morgan fingerprint density at radius 3 is 1.00 bits per heavy atom. The van der Waals surface area contributed by atoms with Crippen LogP contribution in [0.4, 0.5) is 0 Å². The van der Waals surface area contributed by atoms with Crippen molar-refractivity contribution < 1.29 is 18.5 Å². The van der Waals surface area contributed by atoms with Crippen molar-refractivity contribution in [1.29, 1.82) is 0 Å². The first kappa shape index (κ1) is 18.1. The molecule has 4 nitrogen and oxygen atoms in total. The average molecular weight is 346 g/mol. The number of rotatable bonds is 6. The van der Waals surface area contributed by atoms with E-state index in [1.807, 2.05) is 0 Å².